The van der Waals surface area contributed by atoms with Crippen LogP contribution in [0.4, 0.5) is 4.39 Å². The number of amides is 1. The number of carbonyl (C=O) groups is 1. The third-order valence-corrected chi connectivity index (χ3v) is 6.41. The van der Waals surface area contributed by atoms with Crippen molar-refractivity contribution >= 4 is 16.8 Å². The lowest BCUT2D eigenvalue weighted by molar-refractivity contribution is -0.121. The number of halogens is 1. The minimum Gasteiger partial charge on any atom is -0.508 e. The summed E-state index contributed by atoms with van der Waals surface area (Å²) < 4.78 is 13.8. The fourth-order valence-corrected chi connectivity index (χ4v) is 4.69. The van der Waals surface area contributed by atoms with E-state index < -0.39 is 6.04 Å². The Hall–Kier alpha value is -4.19. The molecule has 1 amide bonds. The average Bonchev–Trinajstić information content (AvgIpc) is 3.44. The maximum Gasteiger partial charge on any atom is 0.225 e. The van der Waals surface area contributed by atoms with Crippen LogP contribution >= 0.6 is 0 Å². The largest absolute Gasteiger partial charge is 0.508 e. The highest BCUT2D eigenvalue weighted by atomic mass is 19.1. The summed E-state index contributed by atoms with van der Waals surface area (Å²) in [5, 5.41) is 13.8. The van der Waals surface area contributed by atoms with Gasteiger partial charge < -0.3 is 15.4 Å². The summed E-state index contributed by atoms with van der Waals surface area (Å²) in [5.74, 6) is -0.271. The highest BCUT2D eigenvalue weighted by Crippen LogP contribution is 2.34. The van der Waals surface area contributed by atoms with E-state index in [0.29, 0.717) is 12.8 Å². The first-order valence-corrected chi connectivity index (χ1v) is 11.6. The van der Waals surface area contributed by atoms with Gasteiger partial charge in [0.25, 0.3) is 0 Å². The molecule has 1 atom stereocenters. The van der Waals surface area contributed by atoms with Crippen LogP contribution in [-0.2, 0) is 11.2 Å². The Morgan fingerprint density at radius 2 is 2.00 bits per heavy atom. The van der Waals surface area contributed by atoms with Crippen LogP contribution in [-0.4, -0.2) is 21.0 Å². The van der Waals surface area contributed by atoms with Gasteiger partial charge >= 0.3 is 0 Å². The number of aromatic nitrogens is 2. The van der Waals surface area contributed by atoms with Gasteiger partial charge in [-0.1, -0.05) is 35.9 Å². The van der Waals surface area contributed by atoms with E-state index in [0.717, 1.165) is 44.4 Å². The van der Waals surface area contributed by atoms with Crippen molar-refractivity contribution in [3.8, 4) is 16.9 Å². The number of fused-ring (bicyclic) bond motifs is 1. The van der Waals surface area contributed by atoms with Crippen molar-refractivity contribution in [2.24, 2.45) is 0 Å². The molecule has 176 valence electrons. The van der Waals surface area contributed by atoms with Crippen LogP contribution in [0, 0.1) is 6.92 Å². The molecule has 0 aliphatic heterocycles. The van der Waals surface area contributed by atoms with Gasteiger partial charge in [-0.2, -0.15) is 0 Å². The van der Waals surface area contributed by atoms with Crippen molar-refractivity contribution in [3.63, 3.8) is 0 Å². The number of aromatic amines is 1. The number of phenolic OH excluding ortho intramolecular Hbond substituents is 1. The van der Waals surface area contributed by atoms with Gasteiger partial charge in [0, 0.05) is 28.9 Å². The van der Waals surface area contributed by atoms with E-state index in [1.54, 1.807) is 36.7 Å². The molecule has 0 unspecified atom stereocenters. The summed E-state index contributed by atoms with van der Waals surface area (Å²) in [6, 6.07) is 16.6. The van der Waals surface area contributed by atoms with E-state index >= 15 is 0 Å². The number of aromatic hydroxyl groups is 1. The third kappa shape index (κ3) is 4.87. The standard InChI is InChI=1S/C29H26FN3O2/c1-18-5-2-3-6-23(18)24-7-4-12-31-29(24)27(14-19-8-9-21(30)13-19)33-28(35)15-20-17-32-26-11-10-22(34)16-25(20)26/h2-7,9-13,16-17,27,32,34H,8,14-15H2,1H3,(H,33,35)/t27-/m0/s1. The van der Waals surface area contributed by atoms with E-state index in [-0.39, 0.29) is 23.9 Å². The number of carbonyl (C=O) groups excluding carboxylic acids is 1. The second-order valence-corrected chi connectivity index (χ2v) is 8.89. The number of rotatable bonds is 7. The zero-order valence-electron chi connectivity index (χ0n) is 19.4. The van der Waals surface area contributed by atoms with Gasteiger partial charge in [-0.3, -0.25) is 9.78 Å². The molecule has 0 spiro atoms. The summed E-state index contributed by atoms with van der Waals surface area (Å²) in [4.78, 5) is 21.1. The van der Waals surface area contributed by atoms with E-state index in [1.807, 2.05) is 43.3 Å². The van der Waals surface area contributed by atoms with Crippen LogP contribution in [0.2, 0.25) is 0 Å². The van der Waals surface area contributed by atoms with Gasteiger partial charge in [-0.25, -0.2) is 4.39 Å². The van der Waals surface area contributed by atoms with Crippen LogP contribution in [0.5, 0.6) is 5.75 Å². The topological polar surface area (TPSA) is 78.0 Å². The van der Waals surface area contributed by atoms with E-state index in [9.17, 15) is 14.3 Å². The van der Waals surface area contributed by atoms with Crippen molar-refractivity contribution in [2.75, 3.05) is 0 Å². The first-order chi connectivity index (χ1) is 17.0. The second kappa shape index (κ2) is 9.58. The summed E-state index contributed by atoms with van der Waals surface area (Å²) in [7, 11) is 0. The minimum absolute atomic E-state index is 0.137. The zero-order valence-corrected chi connectivity index (χ0v) is 19.4. The van der Waals surface area contributed by atoms with Gasteiger partial charge in [-0.15, -0.1) is 0 Å². The van der Waals surface area contributed by atoms with Gasteiger partial charge in [-0.05, 0) is 72.9 Å². The molecule has 0 saturated carbocycles. The number of allylic oxidation sites excluding steroid dienone is 3. The number of hydrogen-bond donors (Lipinski definition) is 3. The van der Waals surface area contributed by atoms with Gasteiger partial charge in [0.15, 0.2) is 0 Å². The Morgan fingerprint density at radius 3 is 2.80 bits per heavy atom. The molecule has 2 heterocycles. The molecule has 0 fully saturated rings. The molecule has 1 aliphatic rings. The number of pyridine rings is 1. The Kier molecular flexibility index (Phi) is 6.19. The minimum atomic E-state index is -0.428. The third-order valence-electron chi connectivity index (χ3n) is 6.41. The molecule has 3 N–H and O–H groups in total. The molecule has 6 heteroatoms. The molecule has 1 aliphatic carbocycles. The zero-order chi connectivity index (χ0) is 24.4. The van der Waals surface area contributed by atoms with E-state index in [1.165, 1.54) is 6.08 Å². The molecule has 2 aromatic carbocycles. The van der Waals surface area contributed by atoms with Crippen molar-refractivity contribution in [3.05, 3.63) is 107 Å². The quantitative estimate of drug-likeness (QED) is 0.302. The number of hydrogen-bond acceptors (Lipinski definition) is 3. The van der Waals surface area contributed by atoms with Crippen LogP contribution in [0.1, 0.15) is 35.7 Å². The number of nitrogens with one attached hydrogen (secondary N) is 2. The smallest absolute Gasteiger partial charge is 0.225 e. The van der Waals surface area contributed by atoms with Crippen molar-refractivity contribution in [1.82, 2.24) is 15.3 Å². The van der Waals surface area contributed by atoms with Crippen molar-refractivity contribution in [1.29, 1.82) is 0 Å². The summed E-state index contributed by atoms with van der Waals surface area (Å²) in [5.41, 5.74) is 6.41. The summed E-state index contributed by atoms with van der Waals surface area (Å²) >= 11 is 0. The van der Waals surface area contributed by atoms with E-state index in [2.05, 4.69) is 15.3 Å². The lowest BCUT2D eigenvalue weighted by Crippen LogP contribution is -2.31. The number of benzene rings is 2. The molecule has 0 radical (unpaired) electrons. The monoisotopic (exact) mass is 467 g/mol. The Morgan fingerprint density at radius 1 is 1.17 bits per heavy atom. The van der Waals surface area contributed by atoms with Gasteiger partial charge in [0.05, 0.1) is 18.2 Å². The molecular weight excluding hydrogens is 441 g/mol. The maximum absolute atomic E-state index is 13.8. The first-order valence-electron chi connectivity index (χ1n) is 11.6. The number of nitrogens with zero attached hydrogens (tertiary/aromatic N) is 1. The first kappa shape index (κ1) is 22.6. The van der Waals surface area contributed by atoms with Crippen LogP contribution in [0.25, 0.3) is 22.0 Å². The van der Waals surface area contributed by atoms with Crippen LogP contribution in [0.3, 0.4) is 0 Å². The molecule has 0 bridgehead atoms. The fraction of sp³-hybridized carbons (Fsp3) is 0.172. The number of H-pyrrole nitrogens is 1. The predicted molar refractivity (Wildman–Crippen MR) is 135 cm³/mol. The fourth-order valence-electron chi connectivity index (χ4n) is 4.69. The Balaban J connectivity index is 1.47. The van der Waals surface area contributed by atoms with Crippen LogP contribution < -0.4 is 5.32 Å². The lowest BCUT2D eigenvalue weighted by atomic mass is 9.93. The van der Waals surface area contributed by atoms with Crippen molar-refractivity contribution in [2.45, 2.75) is 32.2 Å². The molecule has 4 aromatic rings. The highest BCUT2D eigenvalue weighted by molar-refractivity contribution is 5.90. The molecule has 35 heavy (non-hydrogen) atoms. The van der Waals surface area contributed by atoms with Crippen LogP contribution in [0.15, 0.2) is 90.5 Å². The SMILES string of the molecule is Cc1ccccc1-c1cccnc1[C@H](CC1=CC(F)=CC1)NC(=O)Cc1c[nH]c2ccc(O)cc12. The van der Waals surface area contributed by atoms with Gasteiger partial charge in [0.1, 0.15) is 11.6 Å². The highest BCUT2D eigenvalue weighted by Gasteiger charge is 2.23. The molecule has 5 nitrogen and oxygen atoms in total. The molecule has 0 saturated heterocycles. The molecular formula is C29H26FN3O2. The Labute approximate surface area is 203 Å². The molecule has 2 aromatic heterocycles. The number of aryl methyl sites for hydroxylation is 1. The number of phenols is 1. The second-order valence-electron chi connectivity index (χ2n) is 8.89. The Bertz CT molecular complexity index is 1470. The summed E-state index contributed by atoms with van der Waals surface area (Å²) in [6.07, 6.45) is 7.72. The molecule has 5 rings (SSSR count). The normalized spacial score (nSPS) is 14.0. The van der Waals surface area contributed by atoms with E-state index in [4.69, 9.17) is 0 Å². The predicted octanol–water partition coefficient (Wildman–Crippen LogP) is 6.22. The van der Waals surface area contributed by atoms with Crippen molar-refractivity contribution < 1.29 is 14.3 Å². The summed E-state index contributed by atoms with van der Waals surface area (Å²) in [6.45, 7) is 2.05. The maximum atomic E-state index is 13.8. The lowest BCUT2D eigenvalue weighted by Gasteiger charge is -2.22. The average molecular weight is 468 g/mol. The van der Waals surface area contributed by atoms with Gasteiger partial charge in [0.2, 0.25) is 5.91 Å².